The summed E-state index contributed by atoms with van der Waals surface area (Å²) < 4.78 is 5.48. The standard InChI is InChI=1S/C21H23N5O3/c1-5-22-20(27)13-8-16(12(2)17(9-13)29-4)26-11-14-10-24-19-15(6-7-23-19)18(14)25(3)21(26)28/h6-10H,5,11H2,1-4H3,(H,22,27)(H,23,24). The first-order valence-electron chi connectivity index (χ1n) is 9.43. The van der Waals surface area contributed by atoms with Crippen molar-refractivity contribution in [3.8, 4) is 5.75 Å². The summed E-state index contributed by atoms with van der Waals surface area (Å²) in [4.78, 5) is 36.5. The molecule has 1 aromatic carbocycles. The Hall–Kier alpha value is -3.55. The molecule has 0 spiro atoms. The van der Waals surface area contributed by atoms with Crippen LogP contribution in [-0.4, -0.2) is 42.6 Å². The second kappa shape index (κ2) is 7.12. The Kier molecular flexibility index (Phi) is 4.62. The molecule has 2 N–H and O–H groups in total. The number of hydrogen-bond donors (Lipinski definition) is 2. The van der Waals surface area contributed by atoms with Crippen molar-refractivity contribution >= 4 is 34.3 Å². The van der Waals surface area contributed by atoms with Gasteiger partial charge in [0.25, 0.3) is 5.91 Å². The molecule has 2 aromatic heterocycles. The van der Waals surface area contributed by atoms with E-state index in [0.717, 1.165) is 27.8 Å². The number of rotatable bonds is 4. The first kappa shape index (κ1) is 18.8. The molecule has 8 nitrogen and oxygen atoms in total. The number of fused-ring (bicyclic) bond motifs is 3. The summed E-state index contributed by atoms with van der Waals surface area (Å²) in [6, 6.07) is 5.18. The first-order chi connectivity index (χ1) is 14.0. The number of nitrogens with zero attached hydrogens (tertiary/aromatic N) is 3. The molecule has 3 amide bonds. The third-order valence-electron chi connectivity index (χ3n) is 5.26. The molecule has 150 valence electrons. The number of carbonyl (C=O) groups is 2. The van der Waals surface area contributed by atoms with Gasteiger partial charge in [0.15, 0.2) is 0 Å². The lowest BCUT2D eigenvalue weighted by atomic mass is 10.0. The number of H-pyrrole nitrogens is 1. The number of pyridine rings is 1. The van der Waals surface area contributed by atoms with Crippen molar-refractivity contribution < 1.29 is 14.3 Å². The fourth-order valence-corrected chi connectivity index (χ4v) is 3.81. The van der Waals surface area contributed by atoms with Crippen molar-refractivity contribution in [2.24, 2.45) is 0 Å². The molecule has 29 heavy (non-hydrogen) atoms. The number of nitrogens with one attached hydrogen (secondary N) is 2. The molecular weight excluding hydrogens is 370 g/mol. The maximum atomic E-state index is 13.3. The Balaban J connectivity index is 1.83. The zero-order valence-corrected chi connectivity index (χ0v) is 16.9. The highest BCUT2D eigenvalue weighted by Gasteiger charge is 2.32. The summed E-state index contributed by atoms with van der Waals surface area (Å²) >= 11 is 0. The number of hydrogen-bond acceptors (Lipinski definition) is 4. The first-order valence-corrected chi connectivity index (χ1v) is 9.43. The number of benzene rings is 1. The van der Waals surface area contributed by atoms with Crippen molar-refractivity contribution in [2.45, 2.75) is 20.4 Å². The highest BCUT2D eigenvalue weighted by molar-refractivity contribution is 6.11. The van der Waals surface area contributed by atoms with E-state index in [0.29, 0.717) is 30.1 Å². The Morgan fingerprint density at radius 1 is 1.38 bits per heavy atom. The van der Waals surface area contributed by atoms with E-state index in [1.165, 1.54) is 0 Å². The molecular formula is C21H23N5O3. The fourth-order valence-electron chi connectivity index (χ4n) is 3.81. The van der Waals surface area contributed by atoms with E-state index in [4.69, 9.17) is 4.74 Å². The fraction of sp³-hybridized carbons (Fsp3) is 0.286. The van der Waals surface area contributed by atoms with Crippen LogP contribution >= 0.6 is 0 Å². The second-order valence-electron chi connectivity index (χ2n) is 6.98. The van der Waals surface area contributed by atoms with Crippen LogP contribution in [-0.2, 0) is 6.54 Å². The Morgan fingerprint density at radius 2 is 2.17 bits per heavy atom. The third-order valence-corrected chi connectivity index (χ3v) is 5.26. The SMILES string of the molecule is CCNC(=O)c1cc(OC)c(C)c(N2Cc3cnc4[nH]ccc4c3N(C)C2=O)c1. The van der Waals surface area contributed by atoms with Gasteiger partial charge in [-0.3, -0.25) is 14.6 Å². The van der Waals surface area contributed by atoms with E-state index >= 15 is 0 Å². The maximum Gasteiger partial charge on any atom is 0.329 e. The Bertz CT molecular complexity index is 1120. The van der Waals surface area contributed by atoms with E-state index in [-0.39, 0.29) is 11.9 Å². The highest BCUT2D eigenvalue weighted by Crippen LogP contribution is 2.38. The molecule has 4 rings (SSSR count). The molecule has 0 unspecified atom stereocenters. The number of amides is 3. The maximum absolute atomic E-state index is 13.3. The van der Waals surface area contributed by atoms with Crippen molar-refractivity contribution in [3.63, 3.8) is 0 Å². The summed E-state index contributed by atoms with van der Waals surface area (Å²) in [5.74, 6) is 0.352. The number of aromatic amines is 1. The average molecular weight is 393 g/mol. The van der Waals surface area contributed by atoms with Gasteiger partial charge in [-0.2, -0.15) is 0 Å². The molecule has 1 aliphatic heterocycles. The lowest BCUT2D eigenvalue weighted by Crippen LogP contribution is -2.45. The van der Waals surface area contributed by atoms with E-state index in [9.17, 15) is 9.59 Å². The number of aromatic nitrogens is 2. The lowest BCUT2D eigenvalue weighted by molar-refractivity contribution is 0.0955. The summed E-state index contributed by atoms with van der Waals surface area (Å²) in [5.41, 5.74) is 4.41. The number of carbonyl (C=O) groups excluding carboxylic acids is 2. The minimum absolute atomic E-state index is 0.176. The summed E-state index contributed by atoms with van der Waals surface area (Å²) in [6.07, 6.45) is 3.60. The molecule has 0 atom stereocenters. The van der Waals surface area contributed by atoms with E-state index < -0.39 is 0 Å². The minimum atomic E-state index is -0.207. The van der Waals surface area contributed by atoms with E-state index in [1.54, 1.807) is 42.3 Å². The number of methoxy groups -OCH3 is 1. The monoisotopic (exact) mass is 393 g/mol. The number of anilines is 2. The molecule has 1 aliphatic rings. The highest BCUT2D eigenvalue weighted by atomic mass is 16.5. The van der Waals surface area contributed by atoms with Gasteiger partial charge in [0.1, 0.15) is 11.4 Å². The van der Waals surface area contributed by atoms with Crippen LogP contribution in [0.15, 0.2) is 30.6 Å². The van der Waals surface area contributed by atoms with Gasteiger partial charge in [0, 0.05) is 48.1 Å². The molecule has 3 heterocycles. The van der Waals surface area contributed by atoms with Gasteiger partial charge in [-0.05, 0) is 32.0 Å². The van der Waals surface area contributed by atoms with Crippen LogP contribution in [0, 0.1) is 6.92 Å². The van der Waals surface area contributed by atoms with Crippen molar-refractivity contribution in [2.75, 3.05) is 30.5 Å². The Labute approximate surface area is 168 Å². The van der Waals surface area contributed by atoms with Crippen LogP contribution in [0.5, 0.6) is 5.75 Å². The van der Waals surface area contributed by atoms with Gasteiger partial charge in [0.2, 0.25) is 0 Å². The summed E-state index contributed by atoms with van der Waals surface area (Å²) in [6.45, 7) is 4.61. The number of urea groups is 1. The van der Waals surface area contributed by atoms with Crippen molar-refractivity contribution in [1.29, 1.82) is 0 Å². The predicted octanol–water partition coefficient (Wildman–Crippen LogP) is 3.21. The molecule has 0 bridgehead atoms. The van der Waals surface area contributed by atoms with E-state index in [1.807, 2.05) is 26.1 Å². The molecule has 0 radical (unpaired) electrons. The topological polar surface area (TPSA) is 90.6 Å². The van der Waals surface area contributed by atoms with Crippen LogP contribution in [0.2, 0.25) is 0 Å². The smallest absolute Gasteiger partial charge is 0.329 e. The van der Waals surface area contributed by atoms with Crippen LogP contribution < -0.4 is 19.9 Å². The third kappa shape index (κ3) is 2.97. The average Bonchev–Trinajstić information content (AvgIpc) is 3.19. The van der Waals surface area contributed by atoms with Gasteiger partial charge >= 0.3 is 6.03 Å². The quantitative estimate of drug-likeness (QED) is 0.712. The van der Waals surface area contributed by atoms with E-state index in [2.05, 4.69) is 15.3 Å². The molecule has 0 aliphatic carbocycles. The summed E-state index contributed by atoms with van der Waals surface area (Å²) in [7, 11) is 3.31. The lowest BCUT2D eigenvalue weighted by Gasteiger charge is -2.36. The van der Waals surface area contributed by atoms with Crippen LogP contribution in [0.3, 0.4) is 0 Å². The zero-order valence-electron chi connectivity index (χ0n) is 16.9. The molecule has 3 aromatic rings. The van der Waals surface area contributed by atoms with Crippen molar-refractivity contribution in [1.82, 2.24) is 15.3 Å². The van der Waals surface area contributed by atoms with Gasteiger partial charge in [-0.15, -0.1) is 0 Å². The molecule has 0 fully saturated rings. The van der Waals surface area contributed by atoms with Gasteiger partial charge in [0.05, 0.1) is 25.0 Å². The molecule has 0 saturated carbocycles. The van der Waals surface area contributed by atoms with Crippen LogP contribution in [0.4, 0.5) is 16.2 Å². The summed E-state index contributed by atoms with van der Waals surface area (Å²) in [5, 5.41) is 3.70. The van der Waals surface area contributed by atoms with Gasteiger partial charge < -0.3 is 15.0 Å². The molecule has 8 heteroatoms. The van der Waals surface area contributed by atoms with Gasteiger partial charge in [-0.25, -0.2) is 9.78 Å². The van der Waals surface area contributed by atoms with Crippen molar-refractivity contribution in [3.05, 3.63) is 47.3 Å². The molecule has 0 saturated heterocycles. The Morgan fingerprint density at radius 3 is 2.90 bits per heavy atom. The minimum Gasteiger partial charge on any atom is -0.496 e. The largest absolute Gasteiger partial charge is 0.496 e. The van der Waals surface area contributed by atoms with Gasteiger partial charge in [-0.1, -0.05) is 0 Å². The predicted molar refractivity (Wildman–Crippen MR) is 112 cm³/mol. The van der Waals surface area contributed by atoms with Crippen LogP contribution in [0.25, 0.3) is 11.0 Å². The normalized spacial score (nSPS) is 13.6. The second-order valence-corrected chi connectivity index (χ2v) is 6.98. The number of ether oxygens (including phenoxy) is 1. The van der Waals surface area contributed by atoms with Crippen LogP contribution in [0.1, 0.15) is 28.4 Å². The zero-order chi connectivity index (χ0) is 20.7.